The molecule has 1 amide bonds. The van der Waals surface area contributed by atoms with Crippen LogP contribution in [0.2, 0.25) is 10.0 Å². The van der Waals surface area contributed by atoms with Crippen LogP contribution in [0.3, 0.4) is 0 Å². The van der Waals surface area contributed by atoms with Gasteiger partial charge in [-0.1, -0.05) is 29.3 Å². The maximum Gasteiger partial charge on any atom is 0.251 e. The van der Waals surface area contributed by atoms with Crippen molar-refractivity contribution in [3.63, 3.8) is 0 Å². The number of hydrogen-bond donors (Lipinski definition) is 1. The van der Waals surface area contributed by atoms with E-state index < -0.39 is 10.0 Å². The van der Waals surface area contributed by atoms with Crippen molar-refractivity contribution >= 4 is 44.8 Å². The van der Waals surface area contributed by atoms with Crippen LogP contribution in [0.5, 0.6) is 0 Å². The number of amides is 1. The molecule has 1 N–H and O–H groups in total. The molecule has 9 heteroatoms. The molecular formula is C21H19Cl2N3O3S. The van der Waals surface area contributed by atoms with Gasteiger partial charge in [-0.15, -0.1) is 0 Å². The highest BCUT2D eigenvalue weighted by atomic mass is 35.5. The number of rotatable bonds is 7. The van der Waals surface area contributed by atoms with E-state index in [0.29, 0.717) is 33.4 Å². The van der Waals surface area contributed by atoms with Crippen LogP contribution in [0.1, 0.15) is 21.5 Å². The lowest BCUT2D eigenvalue weighted by molar-refractivity contribution is 0.0951. The van der Waals surface area contributed by atoms with Gasteiger partial charge in [0.25, 0.3) is 5.91 Å². The highest BCUT2D eigenvalue weighted by molar-refractivity contribution is 7.92. The Morgan fingerprint density at radius 2 is 1.60 bits per heavy atom. The molecule has 0 radical (unpaired) electrons. The van der Waals surface area contributed by atoms with Crippen molar-refractivity contribution in [2.24, 2.45) is 0 Å². The number of carbonyl (C=O) groups excluding carboxylic acids is 1. The molecule has 3 rings (SSSR count). The summed E-state index contributed by atoms with van der Waals surface area (Å²) >= 11 is 12.4. The van der Waals surface area contributed by atoms with Gasteiger partial charge < -0.3 is 5.32 Å². The molecule has 0 saturated heterocycles. The monoisotopic (exact) mass is 463 g/mol. The number of hydrogen-bond acceptors (Lipinski definition) is 4. The molecule has 0 aliphatic carbocycles. The number of carbonyl (C=O) groups is 1. The van der Waals surface area contributed by atoms with Crippen molar-refractivity contribution in [3.05, 3.63) is 93.7 Å². The summed E-state index contributed by atoms with van der Waals surface area (Å²) in [6, 6.07) is 14.9. The molecule has 0 aliphatic rings. The fourth-order valence-corrected chi connectivity index (χ4v) is 4.18. The average molecular weight is 464 g/mol. The lowest BCUT2D eigenvalue weighted by Crippen LogP contribution is -2.29. The van der Waals surface area contributed by atoms with Crippen LogP contribution in [-0.4, -0.2) is 25.6 Å². The molecule has 0 spiro atoms. The van der Waals surface area contributed by atoms with E-state index in [9.17, 15) is 13.2 Å². The minimum absolute atomic E-state index is 0.0229. The summed E-state index contributed by atoms with van der Waals surface area (Å²) < 4.78 is 26.0. The van der Waals surface area contributed by atoms with Crippen LogP contribution < -0.4 is 9.62 Å². The van der Waals surface area contributed by atoms with Gasteiger partial charge in [0.05, 0.1) is 18.5 Å². The predicted molar refractivity (Wildman–Crippen MR) is 119 cm³/mol. The van der Waals surface area contributed by atoms with E-state index in [2.05, 4.69) is 10.3 Å². The molecule has 2 aromatic carbocycles. The van der Waals surface area contributed by atoms with E-state index in [-0.39, 0.29) is 12.5 Å². The molecule has 0 bridgehead atoms. The van der Waals surface area contributed by atoms with Crippen LogP contribution in [-0.2, 0) is 23.1 Å². The zero-order chi connectivity index (χ0) is 21.7. The largest absolute Gasteiger partial charge is 0.348 e. The molecule has 1 heterocycles. The van der Waals surface area contributed by atoms with Gasteiger partial charge in [0.15, 0.2) is 0 Å². The summed E-state index contributed by atoms with van der Waals surface area (Å²) in [7, 11) is -3.62. The zero-order valence-electron chi connectivity index (χ0n) is 16.0. The highest BCUT2D eigenvalue weighted by Gasteiger charge is 2.21. The Morgan fingerprint density at radius 1 is 1.00 bits per heavy atom. The molecule has 0 saturated carbocycles. The Morgan fingerprint density at radius 3 is 2.17 bits per heavy atom. The first-order valence-electron chi connectivity index (χ1n) is 8.93. The van der Waals surface area contributed by atoms with Gasteiger partial charge in [0.2, 0.25) is 10.0 Å². The third-order valence-electron chi connectivity index (χ3n) is 4.38. The Labute approximate surface area is 185 Å². The number of nitrogens with zero attached hydrogens (tertiary/aromatic N) is 2. The molecule has 0 fully saturated rings. The van der Waals surface area contributed by atoms with Crippen LogP contribution >= 0.6 is 23.2 Å². The lowest BCUT2D eigenvalue weighted by Gasteiger charge is -2.23. The molecular weight excluding hydrogens is 445 g/mol. The maximum atomic E-state index is 12.4. The second-order valence-corrected chi connectivity index (χ2v) is 9.28. The first kappa shape index (κ1) is 22.1. The van der Waals surface area contributed by atoms with Gasteiger partial charge in [-0.25, -0.2) is 8.42 Å². The number of nitrogens with one attached hydrogen (secondary N) is 1. The second kappa shape index (κ2) is 9.47. The van der Waals surface area contributed by atoms with Crippen LogP contribution in [0.15, 0.2) is 67.0 Å². The van der Waals surface area contributed by atoms with Crippen LogP contribution in [0, 0.1) is 0 Å². The quantitative estimate of drug-likeness (QED) is 0.566. The van der Waals surface area contributed by atoms with E-state index in [1.807, 2.05) is 12.1 Å². The molecule has 0 unspecified atom stereocenters. The SMILES string of the molecule is CS(=O)(=O)N(Cc1c(Cl)cccc1Cl)c1ccc(C(=O)NCc2ccncc2)cc1. The first-order chi connectivity index (χ1) is 14.3. The maximum absolute atomic E-state index is 12.4. The summed E-state index contributed by atoms with van der Waals surface area (Å²) in [6.45, 7) is 0.342. The number of benzene rings is 2. The summed E-state index contributed by atoms with van der Waals surface area (Å²) in [4.78, 5) is 16.3. The van der Waals surface area contributed by atoms with Crippen LogP contribution in [0.25, 0.3) is 0 Å². The van der Waals surface area contributed by atoms with Gasteiger partial charge in [-0.2, -0.15) is 0 Å². The molecule has 30 heavy (non-hydrogen) atoms. The minimum atomic E-state index is -3.62. The fourth-order valence-electron chi connectivity index (χ4n) is 2.79. The summed E-state index contributed by atoms with van der Waals surface area (Å²) in [6.07, 6.45) is 4.41. The van der Waals surface area contributed by atoms with Crippen molar-refractivity contribution in [1.29, 1.82) is 0 Å². The molecule has 156 valence electrons. The topological polar surface area (TPSA) is 79.4 Å². The summed E-state index contributed by atoms with van der Waals surface area (Å²) in [5, 5.41) is 3.57. The molecule has 1 aromatic heterocycles. The Hall–Kier alpha value is -2.61. The van der Waals surface area contributed by atoms with E-state index in [4.69, 9.17) is 23.2 Å². The summed E-state index contributed by atoms with van der Waals surface area (Å²) in [5.74, 6) is -0.265. The third kappa shape index (κ3) is 5.50. The van der Waals surface area contributed by atoms with Crippen molar-refractivity contribution < 1.29 is 13.2 Å². The normalized spacial score (nSPS) is 11.2. The van der Waals surface area contributed by atoms with Gasteiger partial charge in [0, 0.05) is 40.1 Å². The van der Waals surface area contributed by atoms with E-state index in [0.717, 1.165) is 11.8 Å². The number of halogens is 2. The average Bonchev–Trinajstić information content (AvgIpc) is 2.72. The van der Waals surface area contributed by atoms with Gasteiger partial charge in [-0.05, 0) is 54.1 Å². The van der Waals surface area contributed by atoms with Crippen LogP contribution in [0.4, 0.5) is 5.69 Å². The van der Waals surface area contributed by atoms with Gasteiger partial charge in [-0.3, -0.25) is 14.1 Å². The standard InChI is InChI=1S/C21H19Cl2N3O3S/c1-30(28,29)26(14-18-19(22)3-2-4-20(18)23)17-7-5-16(6-8-17)21(27)25-13-15-9-11-24-12-10-15/h2-12H,13-14H2,1H3,(H,25,27). The number of anilines is 1. The first-order valence-corrected chi connectivity index (χ1v) is 11.5. The number of pyridine rings is 1. The Bertz CT molecular complexity index is 1120. The van der Waals surface area contributed by atoms with Crippen molar-refractivity contribution in [3.8, 4) is 0 Å². The minimum Gasteiger partial charge on any atom is -0.348 e. The van der Waals surface area contributed by atoms with E-state index in [1.165, 1.54) is 4.31 Å². The van der Waals surface area contributed by atoms with Gasteiger partial charge >= 0.3 is 0 Å². The smallest absolute Gasteiger partial charge is 0.251 e. The Kier molecular flexibility index (Phi) is 6.97. The second-order valence-electron chi connectivity index (χ2n) is 6.55. The lowest BCUT2D eigenvalue weighted by atomic mass is 10.1. The summed E-state index contributed by atoms with van der Waals surface area (Å²) in [5.41, 5.74) is 2.25. The molecule has 0 atom stereocenters. The van der Waals surface area contributed by atoms with E-state index >= 15 is 0 Å². The molecule has 6 nitrogen and oxygen atoms in total. The molecule has 3 aromatic rings. The predicted octanol–water partition coefficient (Wildman–Crippen LogP) is 4.28. The highest BCUT2D eigenvalue weighted by Crippen LogP contribution is 2.29. The third-order valence-corrected chi connectivity index (χ3v) is 6.23. The van der Waals surface area contributed by atoms with Crippen molar-refractivity contribution in [2.75, 3.05) is 10.6 Å². The zero-order valence-corrected chi connectivity index (χ0v) is 18.4. The number of aromatic nitrogens is 1. The number of sulfonamides is 1. The fraction of sp³-hybridized carbons (Fsp3) is 0.143. The van der Waals surface area contributed by atoms with Gasteiger partial charge in [0.1, 0.15) is 0 Å². The Balaban J connectivity index is 1.78. The van der Waals surface area contributed by atoms with Crippen molar-refractivity contribution in [1.82, 2.24) is 10.3 Å². The van der Waals surface area contributed by atoms with E-state index in [1.54, 1.807) is 54.9 Å². The van der Waals surface area contributed by atoms with Crippen molar-refractivity contribution in [2.45, 2.75) is 13.1 Å². The molecule has 0 aliphatic heterocycles.